The largest absolute Gasteiger partial charge is 0.496 e. The zero-order valence-electron chi connectivity index (χ0n) is 42.7. The zero-order valence-corrected chi connectivity index (χ0v) is 46.0. The molecule has 0 heterocycles. The van der Waals surface area contributed by atoms with Crippen LogP contribution < -0.4 is 41.4 Å². The summed E-state index contributed by atoms with van der Waals surface area (Å²) in [5.74, 6) is -3.39. The Morgan fingerprint density at radius 3 is 1.05 bits per heavy atom. The number of nitrogens with one attached hydrogen (secondary N) is 6. The maximum atomic E-state index is 13.6. The lowest BCUT2D eigenvalue weighted by Gasteiger charge is -2.15. The van der Waals surface area contributed by atoms with Gasteiger partial charge >= 0.3 is 6.03 Å². The lowest BCUT2D eigenvalue weighted by molar-refractivity contribution is 0.101. The number of ether oxygens (including phenoxy) is 2. The van der Waals surface area contributed by atoms with Gasteiger partial charge in [0.25, 0.3) is 64.1 Å². The van der Waals surface area contributed by atoms with E-state index in [9.17, 15) is 75.9 Å². The number of hydrogen-bond donors (Lipinski definition) is 10. The molecule has 8 aromatic rings. The summed E-state index contributed by atoms with van der Waals surface area (Å²) in [4.78, 5) is 64.8. The van der Waals surface area contributed by atoms with Gasteiger partial charge in [-0.05, 0) is 133 Å². The van der Waals surface area contributed by atoms with Crippen molar-refractivity contribution < 1.29 is 85.3 Å². The highest BCUT2D eigenvalue weighted by Crippen LogP contribution is 2.38. The van der Waals surface area contributed by atoms with E-state index >= 15 is 0 Å². The SMILES string of the molecule is COc1cc(S(=O)(=O)O)cc2cc(S(=O)(=O)O)c(NC(=O)c3ccc(C)c(NC(=O)c4cccc(NC(=O)Nc5cccc(C(=O)Nc6cc(C(=O)Nc7cc8c(OC)cc(S(=O)(=O)O)cc8cc7S(=O)(=O)O)ccc6C)c5)c4)c3)cc12. The Hall–Kier alpha value is -9.33. The number of anilines is 6. The third-order valence-electron chi connectivity index (χ3n) is 12.3. The molecule has 0 saturated heterocycles. The van der Waals surface area contributed by atoms with Gasteiger partial charge in [-0.15, -0.1) is 0 Å². The average Bonchev–Trinajstić information content (AvgIpc) is 2.28. The summed E-state index contributed by atoms with van der Waals surface area (Å²) in [6.07, 6.45) is 0. The molecule has 0 aliphatic heterocycles. The lowest BCUT2D eigenvalue weighted by atomic mass is 10.1. The number of aryl methyl sites for hydroxylation is 2. The number of urea groups is 1. The molecule has 0 radical (unpaired) electrons. The van der Waals surface area contributed by atoms with Crippen LogP contribution in [-0.4, -0.2) is 95.8 Å². The normalized spacial score (nSPS) is 11.8. The van der Waals surface area contributed by atoms with E-state index in [1.54, 1.807) is 13.8 Å². The molecule has 0 atom stereocenters. The molecule has 0 bridgehead atoms. The Morgan fingerprint density at radius 1 is 0.378 bits per heavy atom. The van der Waals surface area contributed by atoms with Crippen molar-refractivity contribution in [1.82, 2.24) is 0 Å². The summed E-state index contributed by atoms with van der Waals surface area (Å²) in [6.45, 7) is 3.26. The molecule has 82 heavy (non-hydrogen) atoms. The lowest BCUT2D eigenvalue weighted by Crippen LogP contribution is -2.21. The highest BCUT2D eigenvalue weighted by atomic mass is 32.2. The molecule has 0 fully saturated rings. The summed E-state index contributed by atoms with van der Waals surface area (Å²) >= 11 is 0. The molecule has 424 valence electrons. The second kappa shape index (κ2) is 22.7. The number of carbonyl (C=O) groups is 5. The molecule has 6 amide bonds. The molecule has 0 unspecified atom stereocenters. The number of carbonyl (C=O) groups excluding carboxylic acids is 5. The van der Waals surface area contributed by atoms with Gasteiger partial charge in [-0.2, -0.15) is 33.7 Å². The summed E-state index contributed by atoms with van der Waals surface area (Å²) in [6, 6.07) is 26.9. The maximum absolute atomic E-state index is 13.6. The van der Waals surface area contributed by atoms with Crippen molar-refractivity contribution in [3.8, 4) is 11.5 Å². The van der Waals surface area contributed by atoms with Gasteiger partial charge in [-0.3, -0.25) is 37.4 Å². The molecule has 0 aliphatic rings. The van der Waals surface area contributed by atoms with Crippen molar-refractivity contribution in [2.45, 2.75) is 33.4 Å². The third kappa shape index (κ3) is 13.3. The van der Waals surface area contributed by atoms with Gasteiger partial charge in [0.15, 0.2) is 0 Å². The van der Waals surface area contributed by atoms with Gasteiger partial charge in [0.05, 0.1) is 35.4 Å². The fourth-order valence-electron chi connectivity index (χ4n) is 8.26. The maximum Gasteiger partial charge on any atom is 0.323 e. The quantitative estimate of drug-likeness (QED) is 0.0407. The number of rotatable bonds is 16. The Morgan fingerprint density at radius 2 is 0.720 bits per heavy atom. The van der Waals surface area contributed by atoms with Gasteiger partial charge < -0.3 is 41.4 Å². The Labute approximate surface area is 466 Å². The molecule has 0 aromatic heterocycles. The zero-order chi connectivity index (χ0) is 59.8. The van der Waals surface area contributed by atoms with E-state index in [1.807, 2.05) is 0 Å². The van der Waals surface area contributed by atoms with E-state index in [1.165, 1.54) is 99.1 Å². The second-order valence-corrected chi connectivity index (χ2v) is 23.5. The molecular weight excluding hydrogens is 1150 g/mol. The van der Waals surface area contributed by atoms with Crippen molar-refractivity contribution in [2.75, 3.05) is 46.1 Å². The third-order valence-corrected chi connectivity index (χ3v) is 15.8. The minimum atomic E-state index is -5.05. The van der Waals surface area contributed by atoms with E-state index < -0.39 is 101 Å². The van der Waals surface area contributed by atoms with Gasteiger partial charge in [-0.1, -0.05) is 24.3 Å². The summed E-state index contributed by atoms with van der Waals surface area (Å²) in [5.41, 5.74) is 0.706. The fourth-order valence-corrected chi connectivity index (χ4v) is 10.7. The van der Waals surface area contributed by atoms with Gasteiger partial charge in [0.1, 0.15) is 21.3 Å². The fraction of sp³-hybridized carbons (Fsp3) is 0.0755. The van der Waals surface area contributed by atoms with Gasteiger partial charge in [0, 0.05) is 67.9 Å². The first-order valence-corrected chi connectivity index (χ1v) is 29.1. The number of methoxy groups -OCH3 is 2. The average molecular weight is 1200 g/mol. The van der Waals surface area contributed by atoms with E-state index in [-0.39, 0.29) is 78.0 Å². The molecule has 8 aromatic carbocycles. The number of fused-ring (bicyclic) bond motifs is 2. The molecule has 25 nitrogen and oxygen atoms in total. The Kier molecular flexibility index (Phi) is 16.3. The number of hydrogen-bond acceptors (Lipinski definition) is 15. The topological polar surface area (TPSA) is 393 Å². The van der Waals surface area contributed by atoms with Gasteiger partial charge in [0.2, 0.25) is 0 Å². The number of benzene rings is 8. The molecule has 10 N–H and O–H groups in total. The standard InChI is InChI=1S/C53H44N6O19S4/c1-27-11-13-31(51(62)58-43-25-39-33(21-47(43)81(71,72)73)17-37(79(65,66)67)23-45(39)77-3)19-41(27)56-49(60)29-7-5-9-35(15-29)54-53(64)55-36-10-6-8-30(16-36)50(61)57-42-20-32(14-12-28(42)2)52(63)59-44-26-40-34(22-48(44)82(74,75)76)18-38(80(68,69)70)24-46(40)78-4/h5-26H,1-4H3,(H,56,60)(H,57,61)(H,58,62)(H,59,63)(H2,54,55,64)(H,65,66,67)(H,68,69,70)(H,71,72,73)(H,74,75,76). The molecule has 0 saturated carbocycles. The van der Waals surface area contributed by atoms with Crippen molar-refractivity contribution in [3.05, 3.63) is 167 Å². The van der Waals surface area contributed by atoms with Crippen LogP contribution >= 0.6 is 0 Å². The van der Waals surface area contributed by atoms with Crippen LogP contribution in [0.2, 0.25) is 0 Å². The monoisotopic (exact) mass is 1200 g/mol. The van der Waals surface area contributed by atoms with E-state index in [4.69, 9.17) is 9.47 Å². The first-order valence-electron chi connectivity index (χ1n) is 23.4. The van der Waals surface area contributed by atoms with Crippen LogP contribution in [0.1, 0.15) is 52.6 Å². The Balaban J connectivity index is 0.921. The second-order valence-electron chi connectivity index (χ2n) is 17.9. The predicted molar refractivity (Wildman–Crippen MR) is 300 cm³/mol. The van der Waals surface area contributed by atoms with Crippen LogP contribution in [-0.2, 0) is 40.5 Å². The van der Waals surface area contributed by atoms with Crippen molar-refractivity contribution >= 4 is 126 Å². The van der Waals surface area contributed by atoms with E-state index in [0.717, 1.165) is 48.5 Å². The van der Waals surface area contributed by atoms with E-state index in [0.29, 0.717) is 11.1 Å². The first-order chi connectivity index (χ1) is 38.4. The van der Waals surface area contributed by atoms with Crippen LogP contribution in [0.4, 0.5) is 38.9 Å². The van der Waals surface area contributed by atoms with E-state index in [2.05, 4.69) is 31.9 Å². The highest BCUT2D eigenvalue weighted by Gasteiger charge is 2.26. The predicted octanol–water partition coefficient (Wildman–Crippen LogP) is 8.27. The van der Waals surface area contributed by atoms with Crippen LogP contribution in [0.15, 0.2) is 153 Å². The summed E-state index contributed by atoms with van der Waals surface area (Å²) in [7, 11) is -17.3. The summed E-state index contributed by atoms with van der Waals surface area (Å²) < 4.78 is 147. The summed E-state index contributed by atoms with van der Waals surface area (Å²) in [5, 5.41) is 15.5. The minimum absolute atomic E-state index is 0.0546. The van der Waals surface area contributed by atoms with Crippen LogP contribution in [0.3, 0.4) is 0 Å². The molecule has 0 aliphatic carbocycles. The molecule has 8 rings (SSSR count). The number of amides is 6. The minimum Gasteiger partial charge on any atom is -0.496 e. The smallest absolute Gasteiger partial charge is 0.323 e. The highest BCUT2D eigenvalue weighted by molar-refractivity contribution is 7.86. The first kappa shape index (κ1) is 58.8. The van der Waals surface area contributed by atoms with Gasteiger partial charge in [-0.25, -0.2) is 4.79 Å². The van der Waals surface area contributed by atoms with Crippen LogP contribution in [0.25, 0.3) is 21.5 Å². The molecule has 0 spiro atoms. The Bertz CT molecular complexity index is 4230. The van der Waals surface area contributed by atoms with Crippen molar-refractivity contribution in [1.29, 1.82) is 0 Å². The molecule has 29 heteroatoms. The van der Waals surface area contributed by atoms with Crippen LogP contribution in [0, 0.1) is 13.8 Å². The van der Waals surface area contributed by atoms with Crippen LogP contribution in [0.5, 0.6) is 11.5 Å². The van der Waals surface area contributed by atoms with Crippen molar-refractivity contribution in [3.63, 3.8) is 0 Å². The molecular formula is C53H44N6O19S4. The van der Waals surface area contributed by atoms with Crippen molar-refractivity contribution in [2.24, 2.45) is 0 Å².